The minimum Gasteiger partial charge on any atom is -0.464 e. The van der Waals surface area contributed by atoms with Crippen LogP contribution in [0, 0.1) is 3.57 Å². The van der Waals surface area contributed by atoms with Gasteiger partial charge in [0.25, 0.3) is 6.43 Å². The number of hydrogen-bond acceptors (Lipinski definition) is 3. The van der Waals surface area contributed by atoms with Gasteiger partial charge < -0.3 is 4.74 Å². The molecule has 0 unspecified atom stereocenters. The number of pyridine rings is 1. The van der Waals surface area contributed by atoms with Crippen molar-refractivity contribution in [3.8, 4) is 0 Å². The van der Waals surface area contributed by atoms with Gasteiger partial charge in [-0.3, -0.25) is 0 Å². The maximum Gasteiger partial charge on any atom is 0.418 e. The number of rotatable bonds is 2. The fourth-order valence-corrected chi connectivity index (χ4v) is 2.06. The van der Waals surface area contributed by atoms with E-state index in [2.05, 4.69) is 9.72 Å². The van der Waals surface area contributed by atoms with Gasteiger partial charge in [0.2, 0.25) is 0 Å². The van der Waals surface area contributed by atoms with Crippen molar-refractivity contribution in [1.82, 2.24) is 4.98 Å². The molecule has 0 aliphatic heterocycles. The van der Waals surface area contributed by atoms with Crippen molar-refractivity contribution in [2.45, 2.75) is 12.6 Å². The molecule has 3 nitrogen and oxygen atoms in total. The van der Waals surface area contributed by atoms with Crippen molar-refractivity contribution in [2.75, 3.05) is 7.11 Å². The van der Waals surface area contributed by atoms with Crippen LogP contribution in [0.4, 0.5) is 22.0 Å². The van der Waals surface area contributed by atoms with Crippen molar-refractivity contribution in [3.05, 3.63) is 26.6 Å². The molecular formula is C9H5F5INO2. The van der Waals surface area contributed by atoms with Crippen molar-refractivity contribution >= 4 is 28.6 Å². The maximum absolute atomic E-state index is 12.7. The Balaban J connectivity index is 3.53. The van der Waals surface area contributed by atoms with E-state index >= 15 is 0 Å². The molecule has 9 heteroatoms. The summed E-state index contributed by atoms with van der Waals surface area (Å²) in [5, 5.41) is 0. The number of aromatic nitrogens is 1. The standard InChI is InChI=1S/C9H5F5INO2/c1-18-8(17)6-5(15)4(7(10)11)3(2-16-6)9(12,13)14/h2,7H,1H3. The lowest BCUT2D eigenvalue weighted by molar-refractivity contribution is -0.139. The number of carbonyl (C=O) groups is 1. The molecule has 0 saturated carbocycles. The highest BCUT2D eigenvalue weighted by Gasteiger charge is 2.38. The average Bonchev–Trinajstić information content (AvgIpc) is 2.25. The molecule has 1 aromatic heterocycles. The normalized spacial score (nSPS) is 11.8. The van der Waals surface area contributed by atoms with Gasteiger partial charge in [0.1, 0.15) is 0 Å². The topological polar surface area (TPSA) is 39.2 Å². The van der Waals surface area contributed by atoms with Crippen LogP contribution in [0.2, 0.25) is 0 Å². The second-order valence-electron chi connectivity index (χ2n) is 3.04. The number of hydrogen-bond donors (Lipinski definition) is 0. The first kappa shape index (κ1) is 15.1. The number of nitrogens with zero attached hydrogens (tertiary/aromatic N) is 1. The summed E-state index contributed by atoms with van der Waals surface area (Å²) in [6.45, 7) is 0. The molecule has 0 aliphatic carbocycles. The van der Waals surface area contributed by atoms with Gasteiger partial charge in [-0.05, 0) is 22.6 Å². The molecule has 0 spiro atoms. The van der Waals surface area contributed by atoms with Crippen LogP contribution in [0.15, 0.2) is 6.20 Å². The summed E-state index contributed by atoms with van der Waals surface area (Å²) < 4.78 is 66.6. The van der Waals surface area contributed by atoms with Crippen molar-refractivity contribution in [1.29, 1.82) is 0 Å². The molecular weight excluding hydrogens is 376 g/mol. The predicted octanol–water partition coefficient (Wildman–Crippen LogP) is 3.43. The Morgan fingerprint density at radius 3 is 2.39 bits per heavy atom. The molecule has 0 amide bonds. The Morgan fingerprint density at radius 1 is 1.44 bits per heavy atom. The second kappa shape index (κ2) is 5.33. The van der Waals surface area contributed by atoms with Gasteiger partial charge in [-0.25, -0.2) is 18.6 Å². The molecule has 100 valence electrons. The summed E-state index contributed by atoms with van der Waals surface area (Å²) in [4.78, 5) is 14.4. The van der Waals surface area contributed by atoms with Crippen LogP contribution >= 0.6 is 22.6 Å². The first-order chi connectivity index (χ1) is 8.20. The molecule has 0 N–H and O–H groups in total. The van der Waals surface area contributed by atoms with Gasteiger partial charge in [-0.2, -0.15) is 13.2 Å². The SMILES string of the molecule is COC(=O)c1ncc(C(F)(F)F)c(C(F)F)c1I. The zero-order chi connectivity index (χ0) is 14.1. The van der Waals surface area contributed by atoms with Crippen LogP contribution in [-0.4, -0.2) is 18.1 Å². The van der Waals surface area contributed by atoms with E-state index in [9.17, 15) is 26.7 Å². The number of carbonyl (C=O) groups excluding carboxylic acids is 1. The summed E-state index contributed by atoms with van der Waals surface area (Å²) >= 11 is 1.22. The van der Waals surface area contributed by atoms with Gasteiger partial charge in [-0.1, -0.05) is 0 Å². The molecule has 1 aromatic rings. The molecule has 0 fully saturated rings. The Labute approximate surface area is 111 Å². The number of halogens is 6. The highest BCUT2D eigenvalue weighted by atomic mass is 127. The molecule has 0 saturated heterocycles. The van der Waals surface area contributed by atoms with Gasteiger partial charge >= 0.3 is 12.1 Å². The Hall–Kier alpha value is -1.00. The van der Waals surface area contributed by atoms with Gasteiger partial charge in [-0.15, -0.1) is 0 Å². The Bertz CT molecular complexity index is 475. The maximum atomic E-state index is 12.7. The molecule has 0 aromatic carbocycles. The monoisotopic (exact) mass is 381 g/mol. The highest BCUT2D eigenvalue weighted by Crippen LogP contribution is 2.38. The molecule has 0 bridgehead atoms. The molecule has 0 radical (unpaired) electrons. The first-order valence-corrected chi connectivity index (χ1v) is 5.40. The smallest absolute Gasteiger partial charge is 0.418 e. The van der Waals surface area contributed by atoms with Crippen LogP contribution in [0.5, 0.6) is 0 Å². The van der Waals surface area contributed by atoms with E-state index in [1.807, 2.05) is 0 Å². The van der Waals surface area contributed by atoms with Gasteiger partial charge in [0.05, 0.1) is 16.2 Å². The summed E-state index contributed by atoms with van der Waals surface area (Å²) in [7, 11) is 0.972. The van der Waals surface area contributed by atoms with Crippen LogP contribution < -0.4 is 0 Å². The Morgan fingerprint density at radius 2 is 2.00 bits per heavy atom. The molecule has 0 atom stereocenters. The van der Waals surface area contributed by atoms with Crippen LogP contribution in [-0.2, 0) is 10.9 Å². The van der Waals surface area contributed by atoms with Crippen LogP contribution in [0.1, 0.15) is 28.0 Å². The minimum atomic E-state index is -4.96. The quantitative estimate of drug-likeness (QED) is 0.448. The van der Waals surface area contributed by atoms with E-state index in [-0.39, 0.29) is 6.20 Å². The third-order valence-corrected chi connectivity index (χ3v) is 3.05. The van der Waals surface area contributed by atoms with Crippen molar-refractivity contribution < 1.29 is 31.5 Å². The average molecular weight is 381 g/mol. The Kier molecular flexibility index (Phi) is 4.46. The minimum absolute atomic E-state index is 0.204. The lowest BCUT2D eigenvalue weighted by Crippen LogP contribution is -2.16. The highest BCUT2D eigenvalue weighted by molar-refractivity contribution is 14.1. The summed E-state index contributed by atoms with van der Waals surface area (Å²) in [6, 6.07) is 0. The number of methoxy groups -OCH3 is 1. The predicted molar refractivity (Wildman–Crippen MR) is 58.3 cm³/mol. The zero-order valence-corrected chi connectivity index (χ0v) is 10.8. The van der Waals surface area contributed by atoms with Gasteiger partial charge in [0.15, 0.2) is 5.69 Å². The fraction of sp³-hybridized carbons (Fsp3) is 0.333. The summed E-state index contributed by atoms with van der Waals surface area (Å²) in [5.74, 6) is -1.07. The molecule has 0 aliphatic rings. The van der Waals surface area contributed by atoms with E-state index in [1.54, 1.807) is 0 Å². The molecule has 1 heterocycles. The number of alkyl halides is 5. The van der Waals surface area contributed by atoms with E-state index in [0.717, 1.165) is 7.11 Å². The number of ether oxygens (including phenoxy) is 1. The van der Waals surface area contributed by atoms with E-state index in [4.69, 9.17) is 0 Å². The second-order valence-corrected chi connectivity index (χ2v) is 4.12. The van der Waals surface area contributed by atoms with Crippen LogP contribution in [0.25, 0.3) is 0 Å². The fourth-order valence-electron chi connectivity index (χ4n) is 1.18. The third-order valence-electron chi connectivity index (χ3n) is 1.96. The lowest BCUT2D eigenvalue weighted by atomic mass is 10.1. The van der Waals surface area contributed by atoms with Crippen LogP contribution in [0.3, 0.4) is 0 Å². The number of esters is 1. The van der Waals surface area contributed by atoms with Crippen molar-refractivity contribution in [2.24, 2.45) is 0 Å². The van der Waals surface area contributed by atoms with Gasteiger partial charge in [0, 0.05) is 11.8 Å². The largest absolute Gasteiger partial charge is 0.464 e. The zero-order valence-electron chi connectivity index (χ0n) is 8.69. The summed E-state index contributed by atoms with van der Waals surface area (Å²) in [5.41, 5.74) is -3.39. The molecule has 1 rings (SSSR count). The van der Waals surface area contributed by atoms with Crippen molar-refractivity contribution in [3.63, 3.8) is 0 Å². The summed E-state index contributed by atoms with van der Waals surface area (Å²) in [6.07, 6.45) is -8.14. The first-order valence-electron chi connectivity index (χ1n) is 4.32. The third kappa shape index (κ3) is 2.87. The van der Waals surface area contributed by atoms with E-state index in [1.165, 1.54) is 22.6 Å². The lowest BCUT2D eigenvalue weighted by Gasteiger charge is -2.15. The van der Waals surface area contributed by atoms with E-state index in [0.29, 0.717) is 0 Å². The van der Waals surface area contributed by atoms with E-state index < -0.39 is 39.0 Å². The molecule has 18 heavy (non-hydrogen) atoms.